The van der Waals surface area contributed by atoms with Gasteiger partial charge in [-0.2, -0.15) is 0 Å². The molecule has 1 aliphatic rings. The Balaban J connectivity index is 0.00000194. The summed E-state index contributed by atoms with van der Waals surface area (Å²) in [5.74, 6) is 1.01. The minimum atomic E-state index is -0.701. The average molecular weight is 769 g/mol. The Labute approximate surface area is 325 Å². The molecule has 1 saturated heterocycles. The summed E-state index contributed by atoms with van der Waals surface area (Å²) in [5.41, 5.74) is 5.77. The number of benzene rings is 2. The van der Waals surface area contributed by atoms with E-state index in [4.69, 9.17) is 9.72 Å². The Morgan fingerprint density at radius 1 is 0.911 bits per heavy atom. The van der Waals surface area contributed by atoms with Crippen LogP contribution in [0.1, 0.15) is 77.5 Å². The molecule has 2 unspecified atom stereocenters. The van der Waals surface area contributed by atoms with Gasteiger partial charge in [0.2, 0.25) is 11.8 Å². The first kappa shape index (κ1) is 41.1. The van der Waals surface area contributed by atoms with Crippen LogP contribution in [0.3, 0.4) is 0 Å². The fraction of sp³-hybridized carbons (Fsp3) is 0.450. The molecule has 0 aliphatic carbocycles. The van der Waals surface area contributed by atoms with Gasteiger partial charge in [-0.25, -0.2) is 19.6 Å². The zero-order valence-electron chi connectivity index (χ0n) is 32.9. The smallest absolute Gasteiger partial charge is 0.407 e. The SMILES string of the molecule is CCC.COC(=O)NCC(=O)NCCCCc1ncc(-c2ccc3cc(-c4ccc5nc(C6CCCN6C(=O)C(NC(=O)OC)C(C)C)[nH]c5c4)nnc3c2)[nH]1. The van der Waals surface area contributed by atoms with Crippen molar-refractivity contribution in [2.24, 2.45) is 5.92 Å². The summed E-state index contributed by atoms with van der Waals surface area (Å²) in [5, 5.41) is 17.8. The summed E-state index contributed by atoms with van der Waals surface area (Å²) < 4.78 is 9.20. The van der Waals surface area contributed by atoms with E-state index in [-0.39, 0.29) is 30.3 Å². The fourth-order valence-corrected chi connectivity index (χ4v) is 6.45. The van der Waals surface area contributed by atoms with E-state index in [1.165, 1.54) is 20.6 Å². The number of nitrogens with one attached hydrogen (secondary N) is 5. The lowest BCUT2D eigenvalue weighted by molar-refractivity contribution is -0.135. The molecule has 16 nitrogen and oxygen atoms in total. The molecule has 16 heteroatoms. The highest BCUT2D eigenvalue weighted by atomic mass is 16.5. The van der Waals surface area contributed by atoms with E-state index in [1.54, 1.807) is 11.1 Å². The number of unbranched alkanes of at least 4 members (excludes halogenated alkanes) is 1. The lowest BCUT2D eigenvalue weighted by atomic mass is 10.0. The topological polar surface area (TPSA) is 209 Å². The molecule has 1 aliphatic heterocycles. The monoisotopic (exact) mass is 768 g/mol. The number of H-pyrrole nitrogens is 2. The maximum Gasteiger partial charge on any atom is 0.407 e. The molecule has 2 aromatic carbocycles. The van der Waals surface area contributed by atoms with Crippen molar-refractivity contribution in [1.82, 2.24) is 51.0 Å². The van der Waals surface area contributed by atoms with E-state index in [0.29, 0.717) is 18.9 Å². The normalized spacial score (nSPS) is 14.3. The van der Waals surface area contributed by atoms with E-state index in [2.05, 4.69) is 59.7 Å². The molecule has 4 heterocycles. The number of aromatic nitrogens is 6. The van der Waals surface area contributed by atoms with Crippen LogP contribution in [0.4, 0.5) is 9.59 Å². The number of rotatable bonds is 13. The van der Waals surface area contributed by atoms with Gasteiger partial charge in [0.1, 0.15) is 17.7 Å². The first-order valence-corrected chi connectivity index (χ1v) is 19.1. The van der Waals surface area contributed by atoms with E-state index in [0.717, 1.165) is 82.4 Å². The number of aromatic amines is 2. The highest BCUT2D eigenvalue weighted by Crippen LogP contribution is 2.34. The minimum Gasteiger partial charge on any atom is -0.453 e. The van der Waals surface area contributed by atoms with Gasteiger partial charge in [-0.05, 0) is 55.9 Å². The number of imidazole rings is 2. The number of hydrogen-bond acceptors (Lipinski definition) is 10. The third-order valence-corrected chi connectivity index (χ3v) is 9.31. The van der Waals surface area contributed by atoms with Gasteiger partial charge in [0, 0.05) is 36.0 Å². The molecular formula is C40H52N10O6. The lowest BCUT2D eigenvalue weighted by Gasteiger charge is -2.29. The summed E-state index contributed by atoms with van der Waals surface area (Å²) in [4.78, 5) is 66.4. The van der Waals surface area contributed by atoms with Gasteiger partial charge < -0.3 is 40.3 Å². The number of carbonyl (C=O) groups excluding carboxylic acids is 4. The molecule has 5 N–H and O–H groups in total. The van der Waals surface area contributed by atoms with Gasteiger partial charge >= 0.3 is 12.2 Å². The van der Waals surface area contributed by atoms with Crippen molar-refractivity contribution < 1.29 is 28.7 Å². The van der Waals surface area contributed by atoms with Crippen LogP contribution in [0, 0.1) is 5.92 Å². The van der Waals surface area contributed by atoms with E-state index < -0.39 is 18.2 Å². The van der Waals surface area contributed by atoms with Gasteiger partial charge in [0.05, 0.1) is 60.9 Å². The molecule has 298 valence electrons. The quantitative estimate of drug-likeness (QED) is 0.0907. The third-order valence-electron chi connectivity index (χ3n) is 9.31. The number of methoxy groups -OCH3 is 2. The van der Waals surface area contributed by atoms with Crippen LogP contribution in [-0.2, 0) is 25.5 Å². The zero-order valence-corrected chi connectivity index (χ0v) is 32.9. The minimum absolute atomic E-state index is 0.115. The largest absolute Gasteiger partial charge is 0.453 e. The lowest BCUT2D eigenvalue weighted by Crippen LogP contribution is -2.51. The van der Waals surface area contributed by atoms with Crippen LogP contribution in [-0.4, -0.2) is 98.9 Å². The first-order valence-electron chi connectivity index (χ1n) is 19.1. The Bertz CT molecular complexity index is 2130. The first-order chi connectivity index (χ1) is 27.0. The van der Waals surface area contributed by atoms with Crippen molar-refractivity contribution in [3.63, 3.8) is 0 Å². The Kier molecular flexibility index (Phi) is 14.3. The van der Waals surface area contributed by atoms with Crippen molar-refractivity contribution >= 4 is 45.9 Å². The number of fused-ring (bicyclic) bond motifs is 2. The molecule has 56 heavy (non-hydrogen) atoms. The second kappa shape index (κ2) is 19.5. The van der Waals surface area contributed by atoms with E-state index >= 15 is 0 Å². The number of amides is 4. The van der Waals surface area contributed by atoms with Crippen LogP contribution < -0.4 is 16.0 Å². The highest BCUT2D eigenvalue weighted by Gasteiger charge is 2.37. The van der Waals surface area contributed by atoms with Crippen LogP contribution in [0.5, 0.6) is 0 Å². The van der Waals surface area contributed by atoms with E-state index in [1.807, 2.05) is 56.3 Å². The summed E-state index contributed by atoms with van der Waals surface area (Å²) in [6.07, 6.45) is 5.68. The standard InChI is InChI=1S/C37H44N10O6.C3H8/c1-21(2)33(44-37(51)53-4)35(49)47-15-7-8-30(47)34-42-25-13-12-23(18-28(25)43-34)26-16-22-10-11-24(17-27(22)46-45-26)29-19-39-31(41-29)9-5-6-14-38-32(48)20-40-36(50)52-3;1-3-2/h10-13,16-19,21,30,33H,5-9,14-15,20H2,1-4H3,(H,38,48)(H,39,41)(H,40,50)(H,42,43)(H,44,51);3H2,1-2H3. The van der Waals surface area contributed by atoms with Crippen molar-refractivity contribution in [2.75, 3.05) is 33.9 Å². The van der Waals surface area contributed by atoms with Crippen molar-refractivity contribution in [2.45, 2.75) is 78.3 Å². The molecule has 0 spiro atoms. The summed E-state index contributed by atoms with van der Waals surface area (Å²) in [7, 11) is 2.53. The maximum atomic E-state index is 13.6. The molecule has 6 rings (SSSR count). The van der Waals surface area contributed by atoms with Gasteiger partial charge in [0.15, 0.2) is 0 Å². The third kappa shape index (κ3) is 10.4. The average Bonchev–Trinajstić information content (AvgIpc) is 3.98. The summed E-state index contributed by atoms with van der Waals surface area (Å²) in [6.45, 7) is 8.99. The molecule has 4 amide bonds. The Hall–Kier alpha value is -6.06. The van der Waals surface area contributed by atoms with Crippen LogP contribution in [0.25, 0.3) is 44.5 Å². The molecule has 0 radical (unpaired) electrons. The number of nitrogens with zero attached hydrogens (tertiary/aromatic N) is 5. The second-order valence-corrected chi connectivity index (χ2v) is 14.0. The summed E-state index contributed by atoms with van der Waals surface area (Å²) in [6, 6.07) is 13.0. The number of hydrogen-bond donors (Lipinski definition) is 5. The van der Waals surface area contributed by atoms with Crippen LogP contribution in [0.2, 0.25) is 0 Å². The van der Waals surface area contributed by atoms with Crippen LogP contribution in [0.15, 0.2) is 48.7 Å². The second-order valence-electron chi connectivity index (χ2n) is 14.0. The highest BCUT2D eigenvalue weighted by molar-refractivity contribution is 5.89. The number of carbonyl (C=O) groups is 4. The summed E-state index contributed by atoms with van der Waals surface area (Å²) >= 11 is 0. The van der Waals surface area contributed by atoms with Gasteiger partial charge in [-0.3, -0.25) is 9.59 Å². The zero-order chi connectivity index (χ0) is 40.2. The van der Waals surface area contributed by atoms with Gasteiger partial charge in [0.25, 0.3) is 0 Å². The molecule has 5 aromatic rings. The maximum absolute atomic E-state index is 13.6. The predicted molar refractivity (Wildman–Crippen MR) is 212 cm³/mol. The van der Waals surface area contributed by atoms with Crippen molar-refractivity contribution in [1.29, 1.82) is 0 Å². The molecule has 0 saturated carbocycles. The van der Waals surface area contributed by atoms with Crippen molar-refractivity contribution in [3.05, 3.63) is 60.3 Å². The molecule has 1 fully saturated rings. The van der Waals surface area contributed by atoms with E-state index in [9.17, 15) is 19.2 Å². The Morgan fingerprint density at radius 2 is 1.68 bits per heavy atom. The number of alkyl carbamates (subject to hydrolysis) is 2. The van der Waals surface area contributed by atoms with Crippen molar-refractivity contribution in [3.8, 4) is 22.5 Å². The predicted octanol–water partition coefficient (Wildman–Crippen LogP) is 5.82. The number of aryl methyl sites for hydroxylation is 1. The van der Waals surface area contributed by atoms with Gasteiger partial charge in [-0.15, -0.1) is 10.2 Å². The number of likely N-dealkylation sites (tertiary alicyclic amines) is 1. The molecular weight excluding hydrogens is 717 g/mol. The number of ether oxygens (including phenoxy) is 2. The molecule has 0 bridgehead atoms. The molecule has 2 atom stereocenters. The van der Waals surface area contributed by atoms with Gasteiger partial charge in [-0.1, -0.05) is 52.3 Å². The fourth-order valence-electron chi connectivity index (χ4n) is 6.45. The van der Waals surface area contributed by atoms with Crippen LogP contribution >= 0.6 is 0 Å². The Morgan fingerprint density at radius 3 is 2.43 bits per heavy atom. The molecule has 3 aromatic heterocycles.